The summed E-state index contributed by atoms with van der Waals surface area (Å²) in [6, 6.07) is 6.17. The van der Waals surface area contributed by atoms with Crippen molar-refractivity contribution in [2.75, 3.05) is 12.0 Å². The molecular weight excluding hydrogens is 234 g/mol. The summed E-state index contributed by atoms with van der Waals surface area (Å²) in [4.78, 5) is 0. The number of nitrogens with two attached hydrogens (primary N) is 1. The number of aryl methyl sites for hydroxylation is 2. The molecule has 2 N–H and O–H groups in total. The summed E-state index contributed by atoms with van der Waals surface area (Å²) in [5.41, 5.74) is 9.62. The lowest BCUT2D eigenvalue weighted by Gasteiger charge is -2.12. The maximum absolute atomic E-state index is 11.0. The largest absolute Gasteiger partial charge is 0.327 e. The fourth-order valence-corrected chi connectivity index (χ4v) is 2.43. The Hall–Kier alpha value is -0.870. The molecule has 0 amide bonds. The Morgan fingerprint density at radius 3 is 2.41 bits per heavy atom. The van der Waals surface area contributed by atoms with Crippen molar-refractivity contribution in [3.05, 3.63) is 34.9 Å². The summed E-state index contributed by atoms with van der Waals surface area (Å²) in [6.45, 7) is 4.14. The predicted octanol–water partition coefficient (Wildman–Crippen LogP) is 1.61. The van der Waals surface area contributed by atoms with Crippen LogP contribution in [-0.2, 0) is 16.3 Å². The fraction of sp³-hybridized carbons (Fsp3) is 0.538. The molecule has 0 spiro atoms. The van der Waals surface area contributed by atoms with Gasteiger partial charge in [-0.2, -0.15) is 0 Å². The minimum atomic E-state index is -2.91. The van der Waals surface area contributed by atoms with Gasteiger partial charge in [0.2, 0.25) is 0 Å². The van der Waals surface area contributed by atoms with Crippen molar-refractivity contribution in [1.82, 2.24) is 0 Å². The molecule has 0 bridgehead atoms. The lowest BCUT2D eigenvalue weighted by Crippen LogP contribution is -2.25. The van der Waals surface area contributed by atoms with E-state index in [4.69, 9.17) is 5.73 Å². The van der Waals surface area contributed by atoms with E-state index in [0.29, 0.717) is 6.42 Å². The molecule has 0 radical (unpaired) electrons. The van der Waals surface area contributed by atoms with Gasteiger partial charge in [0.1, 0.15) is 9.84 Å². The van der Waals surface area contributed by atoms with Crippen LogP contribution >= 0.6 is 0 Å². The third-order valence-corrected chi connectivity index (χ3v) is 3.91. The van der Waals surface area contributed by atoms with E-state index in [1.807, 2.05) is 0 Å². The maximum Gasteiger partial charge on any atom is 0.147 e. The van der Waals surface area contributed by atoms with Crippen molar-refractivity contribution in [2.45, 2.75) is 32.7 Å². The Balaban J connectivity index is 2.56. The van der Waals surface area contributed by atoms with Crippen LogP contribution in [0.3, 0.4) is 0 Å². The van der Waals surface area contributed by atoms with E-state index in [9.17, 15) is 8.42 Å². The normalized spacial score (nSPS) is 13.6. The maximum atomic E-state index is 11.0. The van der Waals surface area contributed by atoms with Crippen LogP contribution in [0.15, 0.2) is 18.2 Å². The molecule has 1 aromatic carbocycles. The van der Waals surface area contributed by atoms with E-state index in [1.54, 1.807) is 0 Å². The average molecular weight is 255 g/mol. The molecule has 1 aromatic rings. The summed E-state index contributed by atoms with van der Waals surface area (Å²) in [5, 5.41) is 0. The van der Waals surface area contributed by atoms with Gasteiger partial charge in [-0.05, 0) is 43.4 Å². The van der Waals surface area contributed by atoms with Gasteiger partial charge in [-0.15, -0.1) is 0 Å². The molecule has 0 heterocycles. The second-order valence-electron chi connectivity index (χ2n) is 4.80. The van der Waals surface area contributed by atoms with Gasteiger partial charge in [-0.1, -0.05) is 18.2 Å². The minimum Gasteiger partial charge on any atom is -0.327 e. The van der Waals surface area contributed by atoms with E-state index in [0.717, 1.165) is 6.42 Å². The Kier molecular flexibility index (Phi) is 4.71. The Morgan fingerprint density at radius 1 is 1.24 bits per heavy atom. The molecule has 0 saturated heterocycles. The van der Waals surface area contributed by atoms with Gasteiger partial charge >= 0.3 is 0 Å². The highest BCUT2D eigenvalue weighted by Gasteiger charge is 2.09. The van der Waals surface area contributed by atoms with E-state index >= 15 is 0 Å². The smallest absolute Gasteiger partial charge is 0.147 e. The standard InChI is InChI=1S/C13H21NO2S/c1-10-4-5-12(8-11(10)2)9-13(14)6-7-17(3,15)16/h4-5,8,13H,6-7,9,14H2,1-3H3. The third-order valence-electron chi connectivity index (χ3n) is 2.93. The van der Waals surface area contributed by atoms with Crippen molar-refractivity contribution in [3.8, 4) is 0 Å². The molecule has 96 valence electrons. The monoisotopic (exact) mass is 255 g/mol. The molecule has 0 saturated carbocycles. The first kappa shape index (κ1) is 14.2. The zero-order chi connectivity index (χ0) is 13.1. The van der Waals surface area contributed by atoms with E-state index in [-0.39, 0.29) is 11.8 Å². The lowest BCUT2D eigenvalue weighted by atomic mass is 10.0. The molecule has 0 aliphatic carbocycles. The van der Waals surface area contributed by atoms with Crippen LogP contribution in [0.25, 0.3) is 0 Å². The van der Waals surface area contributed by atoms with Crippen molar-refractivity contribution >= 4 is 9.84 Å². The van der Waals surface area contributed by atoms with Crippen LogP contribution in [0.4, 0.5) is 0 Å². The molecule has 1 unspecified atom stereocenters. The van der Waals surface area contributed by atoms with Gasteiger partial charge in [0, 0.05) is 12.3 Å². The first-order chi connectivity index (χ1) is 7.78. The van der Waals surface area contributed by atoms with Gasteiger partial charge in [0.15, 0.2) is 0 Å². The third kappa shape index (κ3) is 5.33. The topological polar surface area (TPSA) is 60.2 Å². The quantitative estimate of drug-likeness (QED) is 0.869. The van der Waals surface area contributed by atoms with E-state index in [1.165, 1.54) is 22.9 Å². The second-order valence-corrected chi connectivity index (χ2v) is 7.06. The second kappa shape index (κ2) is 5.65. The molecule has 4 heteroatoms. The van der Waals surface area contributed by atoms with Crippen molar-refractivity contribution in [1.29, 1.82) is 0 Å². The van der Waals surface area contributed by atoms with Crippen LogP contribution < -0.4 is 5.73 Å². The number of benzene rings is 1. The number of sulfone groups is 1. The zero-order valence-corrected chi connectivity index (χ0v) is 11.5. The number of rotatable bonds is 5. The number of hydrogen-bond acceptors (Lipinski definition) is 3. The molecule has 17 heavy (non-hydrogen) atoms. The highest BCUT2D eigenvalue weighted by molar-refractivity contribution is 7.90. The Morgan fingerprint density at radius 2 is 1.88 bits per heavy atom. The van der Waals surface area contributed by atoms with Crippen LogP contribution in [0, 0.1) is 13.8 Å². The molecule has 1 rings (SSSR count). The molecule has 0 aliphatic heterocycles. The highest BCUT2D eigenvalue weighted by Crippen LogP contribution is 2.12. The predicted molar refractivity (Wildman–Crippen MR) is 71.9 cm³/mol. The van der Waals surface area contributed by atoms with Crippen molar-refractivity contribution in [3.63, 3.8) is 0 Å². The summed E-state index contributed by atoms with van der Waals surface area (Å²) in [6.07, 6.45) is 2.50. The summed E-state index contributed by atoms with van der Waals surface area (Å²) in [5.74, 6) is 0.166. The summed E-state index contributed by atoms with van der Waals surface area (Å²) < 4.78 is 22.1. The van der Waals surface area contributed by atoms with Crippen molar-refractivity contribution in [2.24, 2.45) is 5.73 Å². The molecule has 1 atom stereocenters. The van der Waals surface area contributed by atoms with Gasteiger partial charge in [0.05, 0.1) is 5.75 Å². The van der Waals surface area contributed by atoms with E-state index < -0.39 is 9.84 Å². The van der Waals surface area contributed by atoms with Crippen molar-refractivity contribution < 1.29 is 8.42 Å². The molecule has 0 fully saturated rings. The Bertz CT molecular complexity index is 480. The fourth-order valence-electron chi connectivity index (χ4n) is 1.70. The molecule has 0 aromatic heterocycles. The molecule has 3 nitrogen and oxygen atoms in total. The van der Waals surface area contributed by atoms with Crippen LogP contribution in [0.1, 0.15) is 23.1 Å². The minimum absolute atomic E-state index is 0.0909. The Labute approximate surface area is 104 Å². The molecule has 0 aliphatic rings. The van der Waals surface area contributed by atoms with E-state index in [2.05, 4.69) is 32.0 Å². The van der Waals surface area contributed by atoms with Gasteiger partial charge in [-0.25, -0.2) is 8.42 Å². The highest BCUT2D eigenvalue weighted by atomic mass is 32.2. The van der Waals surface area contributed by atoms with Gasteiger partial charge in [-0.3, -0.25) is 0 Å². The number of hydrogen-bond donors (Lipinski definition) is 1. The van der Waals surface area contributed by atoms with Crippen LogP contribution in [0.5, 0.6) is 0 Å². The zero-order valence-electron chi connectivity index (χ0n) is 10.7. The summed E-state index contributed by atoms with van der Waals surface area (Å²) in [7, 11) is -2.91. The van der Waals surface area contributed by atoms with Crippen LogP contribution in [0.2, 0.25) is 0 Å². The lowest BCUT2D eigenvalue weighted by molar-refractivity contribution is 0.586. The van der Waals surface area contributed by atoms with Crippen LogP contribution in [-0.4, -0.2) is 26.5 Å². The first-order valence-electron chi connectivity index (χ1n) is 5.77. The first-order valence-corrected chi connectivity index (χ1v) is 7.83. The SMILES string of the molecule is Cc1ccc(CC(N)CCS(C)(=O)=O)cc1C. The molecular formula is C13H21NO2S. The summed E-state index contributed by atoms with van der Waals surface area (Å²) >= 11 is 0. The van der Waals surface area contributed by atoms with Gasteiger partial charge < -0.3 is 5.73 Å². The van der Waals surface area contributed by atoms with Gasteiger partial charge in [0.25, 0.3) is 0 Å². The average Bonchev–Trinajstić information content (AvgIpc) is 2.20.